The van der Waals surface area contributed by atoms with Gasteiger partial charge in [-0.15, -0.1) is 5.10 Å². The van der Waals surface area contributed by atoms with Crippen LogP contribution in [-0.2, 0) is 67.9 Å². The van der Waals surface area contributed by atoms with E-state index in [0.717, 1.165) is 62.7 Å². The van der Waals surface area contributed by atoms with Crippen molar-refractivity contribution in [2.45, 2.75) is 116 Å². The van der Waals surface area contributed by atoms with E-state index in [0.29, 0.717) is 85.2 Å². The van der Waals surface area contributed by atoms with E-state index in [-0.39, 0.29) is 156 Å². The molecule has 0 radical (unpaired) electrons. The van der Waals surface area contributed by atoms with E-state index in [1.165, 1.54) is 33.3 Å². The molecule has 31 nitrogen and oxygen atoms in total. The molecule has 5 atom stereocenters. The van der Waals surface area contributed by atoms with Crippen LogP contribution in [0.2, 0.25) is 0 Å². The van der Waals surface area contributed by atoms with Gasteiger partial charge in [-0.1, -0.05) is 85.8 Å². The number of hydrogen-bond acceptors (Lipinski definition) is 22. The predicted molar refractivity (Wildman–Crippen MR) is 428 cm³/mol. The molecule has 1 aromatic heterocycles. The first-order valence-corrected chi connectivity index (χ1v) is 39.2. The van der Waals surface area contributed by atoms with Crippen LogP contribution in [0.3, 0.4) is 0 Å². The fourth-order valence-corrected chi connectivity index (χ4v) is 15.0. The van der Waals surface area contributed by atoms with Crippen molar-refractivity contribution in [1.29, 1.82) is 0 Å². The molecule has 7 aromatic rings. The lowest BCUT2D eigenvalue weighted by Gasteiger charge is -2.31. The number of para-hydroxylation sites is 1. The number of rotatable bonds is 36. The maximum Gasteiger partial charge on any atom is 0.416 e. The van der Waals surface area contributed by atoms with E-state index in [9.17, 15) is 43.5 Å². The standard InChI is InChI=1S/C85H100N12O19/c1-52(2)76(90-74(99)27-34-111-36-38-113-40-39-112-37-35-110-33-26-73(98)86-30-25-75(100)95-48-56-13-8-9-14-61(56)78-77(91-92-93(78)4)62-15-10-11-16-66(62)95)80(102)88-53(3)79(101)89-58-21-17-54(18-22-58)50-116-84(106)97-67-45-72(70(109-7)43-64(67)82(104)96-51-85(28-29-85)46-68(96)83(97)105)115-32-12-31-114-71-44-65-63(42-69(71)108-6)81(103)94-49-57(41-59(94)47-87-65)55-19-23-60(107-5)24-20-55/h8-11,13-24,42-45,49,52-53,59,68,76,83,87,105H,12,25-41,46-48,50-51H2,1-7H3,(H,86,98)(H,88,102)(H,89,101)(H,90,99)/t53-,59-,68-,76-,83-/m0/s1. The fraction of sp³-hybridized carbons (Fsp3) is 0.435. The van der Waals surface area contributed by atoms with E-state index in [1.807, 2.05) is 86.0 Å². The van der Waals surface area contributed by atoms with Crippen LogP contribution < -0.4 is 60.1 Å². The number of benzene rings is 6. The lowest BCUT2D eigenvalue weighted by Crippen LogP contribution is -2.53. The molecule has 8 amide bonds. The molecule has 614 valence electrons. The largest absolute Gasteiger partial charge is 0.497 e. The quantitative estimate of drug-likeness (QED) is 0.0200. The van der Waals surface area contributed by atoms with Crippen LogP contribution in [0.25, 0.3) is 28.1 Å². The first-order chi connectivity index (χ1) is 56.2. The molecular weight excluding hydrogens is 1490 g/mol. The smallest absolute Gasteiger partial charge is 0.416 e. The van der Waals surface area contributed by atoms with Gasteiger partial charge in [0.15, 0.2) is 29.2 Å². The normalized spacial score (nSPS) is 17.2. The van der Waals surface area contributed by atoms with Crippen molar-refractivity contribution in [2.24, 2.45) is 18.4 Å². The number of aliphatic hydroxyl groups is 1. The van der Waals surface area contributed by atoms with Gasteiger partial charge in [0.25, 0.3) is 11.8 Å². The fourth-order valence-electron chi connectivity index (χ4n) is 15.0. The molecule has 116 heavy (non-hydrogen) atoms. The summed E-state index contributed by atoms with van der Waals surface area (Å²) in [5.41, 5.74) is 9.10. The second kappa shape index (κ2) is 37.8. The molecule has 6 heterocycles. The second-order valence-electron chi connectivity index (χ2n) is 29.8. The van der Waals surface area contributed by atoms with Gasteiger partial charge >= 0.3 is 6.09 Å². The SMILES string of the molecule is COc1ccc(C2=CN3C(=O)c4cc(OC)c(OCCCOc5cc6c(cc5OC)C(=O)N5CC7(CC7)C[C@H]5[C@H](O)N6C(=O)OCc5ccc(NC(=O)[C@H](C)NC(=O)[C@@H](NC(=O)CCOCCOCCOCCOCCC(=O)NCCC(=O)N6Cc7ccccc7-c7c(nnn7C)-c7ccccc76)C(C)C)cc5)cc4NC[C@@H]3C2)cc1. The van der Waals surface area contributed by atoms with Gasteiger partial charge < -0.3 is 93.8 Å². The van der Waals surface area contributed by atoms with Crippen LogP contribution in [-0.4, -0.2) is 215 Å². The Morgan fingerprint density at radius 1 is 0.655 bits per heavy atom. The molecule has 2 fully saturated rings. The molecule has 0 bridgehead atoms. The summed E-state index contributed by atoms with van der Waals surface area (Å²) in [7, 11) is 6.44. The summed E-state index contributed by atoms with van der Waals surface area (Å²) in [5, 5.41) is 35.5. The van der Waals surface area contributed by atoms with Crippen molar-refractivity contribution >= 4 is 75.8 Å². The summed E-state index contributed by atoms with van der Waals surface area (Å²) in [6, 6.07) is 33.5. The highest BCUT2D eigenvalue weighted by atomic mass is 16.6. The summed E-state index contributed by atoms with van der Waals surface area (Å²) >= 11 is 0. The van der Waals surface area contributed by atoms with E-state index in [2.05, 4.69) is 36.9 Å². The van der Waals surface area contributed by atoms with Crippen LogP contribution >= 0.6 is 0 Å². The van der Waals surface area contributed by atoms with E-state index in [4.69, 9.17) is 47.4 Å². The average molecular weight is 1590 g/mol. The molecule has 0 unspecified atom stereocenters. The van der Waals surface area contributed by atoms with Crippen LogP contribution in [0.4, 0.5) is 27.5 Å². The Morgan fingerprint density at radius 2 is 1.30 bits per heavy atom. The van der Waals surface area contributed by atoms with Crippen LogP contribution in [0.5, 0.6) is 28.7 Å². The topological polar surface area (TPSA) is 353 Å². The first kappa shape index (κ1) is 82.3. The molecule has 1 spiro atoms. The number of aryl methyl sites for hydroxylation is 1. The Labute approximate surface area is 672 Å². The first-order valence-electron chi connectivity index (χ1n) is 39.2. The molecule has 13 rings (SSSR count). The van der Waals surface area contributed by atoms with Gasteiger partial charge in [-0.3, -0.25) is 33.6 Å². The van der Waals surface area contributed by atoms with Crippen LogP contribution in [0.1, 0.15) is 110 Å². The van der Waals surface area contributed by atoms with E-state index in [1.54, 1.807) is 76.7 Å². The number of nitrogens with zero attached hydrogens (tertiary/aromatic N) is 7. The zero-order valence-electron chi connectivity index (χ0n) is 66.3. The molecule has 5 aliphatic heterocycles. The van der Waals surface area contributed by atoms with Crippen molar-refractivity contribution in [3.63, 3.8) is 0 Å². The van der Waals surface area contributed by atoms with Gasteiger partial charge in [-0.2, -0.15) is 0 Å². The average Bonchev–Trinajstić information content (AvgIpc) is 1.56. The third-order valence-corrected chi connectivity index (χ3v) is 21.6. The number of fused-ring (bicyclic) bond motifs is 9. The van der Waals surface area contributed by atoms with Crippen molar-refractivity contribution in [3.05, 3.63) is 155 Å². The zero-order chi connectivity index (χ0) is 81.6. The number of aliphatic hydroxyl groups excluding tert-OH is 1. The Balaban J connectivity index is 0.499. The lowest BCUT2D eigenvalue weighted by atomic mass is 9.95. The number of carbonyl (C=O) groups is 8. The molecule has 1 saturated heterocycles. The minimum Gasteiger partial charge on any atom is -0.497 e. The Morgan fingerprint density at radius 3 is 1.97 bits per heavy atom. The van der Waals surface area contributed by atoms with Gasteiger partial charge in [0.1, 0.15) is 30.1 Å². The number of hydrogen-bond donors (Lipinski definition) is 6. The van der Waals surface area contributed by atoms with Gasteiger partial charge in [0, 0.05) is 87.5 Å². The van der Waals surface area contributed by atoms with Crippen molar-refractivity contribution in [1.82, 2.24) is 40.7 Å². The highest BCUT2D eigenvalue weighted by Gasteiger charge is 2.58. The molecular formula is C85H100N12O19. The lowest BCUT2D eigenvalue weighted by molar-refractivity contribution is -0.132. The van der Waals surface area contributed by atoms with Gasteiger partial charge in [-0.25, -0.2) is 14.4 Å². The maximum atomic E-state index is 14.5. The molecule has 6 N–H and O–H groups in total. The number of aromatic nitrogens is 3. The third-order valence-electron chi connectivity index (χ3n) is 21.6. The van der Waals surface area contributed by atoms with Crippen molar-refractivity contribution < 1.29 is 90.8 Å². The van der Waals surface area contributed by atoms with Gasteiger partial charge in [0.2, 0.25) is 29.5 Å². The van der Waals surface area contributed by atoms with Gasteiger partial charge in [-0.05, 0) is 109 Å². The summed E-state index contributed by atoms with van der Waals surface area (Å²) in [4.78, 5) is 116. The van der Waals surface area contributed by atoms with Crippen LogP contribution in [0.15, 0.2) is 128 Å². The number of methoxy groups -OCH3 is 3. The third kappa shape index (κ3) is 19.3. The second-order valence-corrected chi connectivity index (χ2v) is 29.8. The number of amides is 8. The van der Waals surface area contributed by atoms with Crippen molar-refractivity contribution in [3.8, 4) is 51.3 Å². The Bertz CT molecular complexity index is 4760. The highest BCUT2D eigenvalue weighted by Crippen LogP contribution is 2.57. The Kier molecular flexibility index (Phi) is 26.8. The summed E-state index contributed by atoms with van der Waals surface area (Å²) in [5.74, 6) is -0.774. The predicted octanol–water partition coefficient (Wildman–Crippen LogP) is 8.66. The molecule has 6 aliphatic rings. The van der Waals surface area contributed by atoms with Gasteiger partial charge in [0.05, 0.1) is 140 Å². The van der Waals surface area contributed by atoms with Crippen LogP contribution in [0, 0.1) is 11.3 Å². The molecule has 1 aliphatic carbocycles. The summed E-state index contributed by atoms with van der Waals surface area (Å²) in [6.07, 6.45) is 2.99. The number of nitrogens with one attached hydrogen (secondary N) is 5. The molecule has 31 heteroatoms. The van der Waals surface area contributed by atoms with E-state index < -0.39 is 48.2 Å². The monoisotopic (exact) mass is 1590 g/mol. The minimum absolute atomic E-state index is 0.0303. The van der Waals surface area contributed by atoms with E-state index >= 15 is 0 Å². The Hall–Kier alpha value is -11.6. The minimum atomic E-state index is -1.49. The highest BCUT2D eigenvalue weighted by molar-refractivity contribution is 6.07. The summed E-state index contributed by atoms with van der Waals surface area (Å²) in [6.45, 7) is 8.38. The number of ether oxygens (including phenoxy) is 10. The van der Waals surface area contributed by atoms with Crippen molar-refractivity contribution in [2.75, 3.05) is 127 Å². The number of carbonyl (C=O) groups excluding carboxylic acids is 8. The molecule has 6 aromatic carbocycles. The molecule has 1 saturated carbocycles. The zero-order valence-corrected chi connectivity index (χ0v) is 66.3. The maximum absolute atomic E-state index is 14.5. The summed E-state index contributed by atoms with van der Waals surface area (Å²) < 4.78 is 59.4. The number of anilines is 4.